The molecule has 2 unspecified atom stereocenters. The number of aliphatic hydroxyl groups excluding tert-OH is 2. The van der Waals surface area contributed by atoms with Gasteiger partial charge in [-0.1, -0.05) is 24.3 Å². The van der Waals surface area contributed by atoms with E-state index < -0.39 is 23.6 Å². The van der Waals surface area contributed by atoms with Crippen molar-refractivity contribution < 1.29 is 20.1 Å². The predicted octanol–water partition coefficient (Wildman–Crippen LogP) is 0.721. The van der Waals surface area contributed by atoms with Crippen LogP contribution in [0.25, 0.3) is 0 Å². The molecule has 1 saturated carbocycles. The van der Waals surface area contributed by atoms with E-state index in [0.717, 1.165) is 0 Å². The maximum absolute atomic E-state index is 11.3. The van der Waals surface area contributed by atoms with Gasteiger partial charge < -0.3 is 15.3 Å². The maximum atomic E-state index is 11.3. The van der Waals surface area contributed by atoms with Crippen molar-refractivity contribution in [2.45, 2.75) is 30.5 Å². The average Bonchev–Trinajstić information content (AvgIpc) is 3.18. The summed E-state index contributed by atoms with van der Waals surface area (Å²) in [6, 6.07) is 8.05. The Labute approximate surface area is 104 Å². The quantitative estimate of drug-likeness (QED) is 0.680. The van der Waals surface area contributed by atoms with Crippen LogP contribution in [0, 0.1) is 11.3 Å². The molecule has 1 fully saturated rings. The number of hydrogen-bond acceptors (Lipinski definition) is 4. The van der Waals surface area contributed by atoms with Crippen LogP contribution in [0.4, 0.5) is 0 Å². The number of rotatable bonds is 4. The minimum absolute atomic E-state index is 0.312. The van der Waals surface area contributed by atoms with Gasteiger partial charge in [-0.05, 0) is 24.0 Å². The van der Waals surface area contributed by atoms with Gasteiger partial charge in [0.05, 0.1) is 11.5 Å². The zero-order chi connectivity index (χ0) is 13.3. The highest BCUT2D eigenvalue weighted by Gasteiger charge is 2.53. The summed E-state index contributed by atoms with van der Waals surface area (Å²) in [5.41, 5.74) is -0.169. The largest absolute Gasteiger partial charge is 0.481 e. The van der Waals surface area contributed by atoms with Crippen LogP contribution in [0.2, 0.25) is 0 Å². The first kappa shape index (κ1) is 12.6. The first-order valence-corrected chi connectivity index (χ1v) is 5.61. The van der Waals surface area contributed by atoms with Gasteiger partial charge in [0, 0.05) is 0 Å². The molecule has 1 aliphatic carbocycles. The molecule has 0 spiro atoms. The van der Waals surface area contributed by atoms with Gasteiger partial charge in [-0.15, -0.1) is 0 Å². The average molecular weight is 247 g/mol. The summed E-state index contributed by atoms with van der Waals surface area (Å²) in [4.78, 5) is 11.3. The third-order valence-corrected chi connectivity index (χ3v) is 3.39. The number of aliphatic carboxylic acids is 1. The molecule has 5 heteroatoms. The van der Waals surface area contributed by atoms with Crippen LogP contribution in [-0.2, 0) is 10.2 Å². The fraction of sp³-hybridized carbons (Fsp3) is 0.385. The Balaban J connectivity index is 2.45. The van der Waals surface area contributed by atoms with Crippen LogP contribution in [0.15, 0.2) is 24.3 Å². The summed E-state index contributed by atoms with van der Waals surface area (Å²) in [6.07, 6.45) is -1.93. The molecule has 0 aromatic heterocycles. The highest BCUT2D eigenvalue weighted by molar-refractivity contribution is 5.85. The first-order chi connectivity index (χ1) is 8.53. The van der Waals surface area contributed by atoms with Crippen molar-refractivity contribution in [1.29, 1.82) is 5.26 Å². The highest BCUT2D eigenvalue weighted by Crippen LogP contribution is 2.50. The van der Waals surface area contributed by atoms with Crippen molar-refractivity contribution in [3.8, 4) is 6.07 Å². The molecule has 0 aliphatic heterocycles. The molecule has 2 atom stereocenters. The van der Waals surface area contributed by atoms with Crippen molar-refractivity contribution in [1.82, 2.24) is 0 Å². The second kappa shape index (κ2) is 4.41. The van der Waals surface area contributed by atoms with Crippen molar-refractivity contribution in [2.24, 2.45) is 0 Å². The molecular weight excluding hydrogens is 234 g/mol. The normalized spacial score (nSPS) is 19.6. The lowest BCUT2D eigenvalue weighted by atomic mass is 9.88. The van der Waals surface area contributed by atoms with E-state index in [1.165, 1.54) is 0 Å². The molecule has 2 rings (SSSR count). The van der Waals surface area contributed by atoms with E-state index in [9.17, 15) is 20.1 Å². The number of aliphatic hydroxyl groups is 2. The van der Waals surface area contributed by atoms with Crippen LogP contribution in [0.5, 0.6) is 0 Å². The van der Waals surface area contributed by atoms with Crippen molar-refractivity contribution >= 4 is 5.97 Å². The number of hydrogen-bond donors (Lipinski definition) is 3. The zero-order valence-electron chi connectivity index (χ0n) is 9.58. The van der Waals surface area contributed by atoms with Gasteiger partial charge in [-0.2, -0.15) is 5.26 Å². The smallest absolute Gasteiger partial charge is 0.314 e. The number of nitriles is 1. The van der Waals surface area contributed by atoms with Gasteiger partial charge in [0.2, 0.25) is 0 Å². The second-order valence-corrected chi connectivity index (χ2v) is 4.49. The zero-order valence-corrected chi connectivity index (χ0v) is 9.58. The fourth-order valence-corrected chi connectivity index (χ4v) is 2.15. The molecule has 0 heterocycles. The lowest BCUT2D eigenvalue weighted by molar-refractivity contribution is -0.140. The Morgan fingerprint density at radius 2 is 1.94 bits per heavy atom. The summed E-state index contributed by atoms with van der Waals surface area (Å²) in [5.74, 6) is -0.936. The van der Waals surface area contributed by atoms with Gasteiger partial charge >= 0.3 is 5.97 Å². The standard InChI is InChI=1S/C13H13NO4/c14-7-10(15)11(16)8-3-1-2-4-9(8)13(5-6-13)12(17)18/h1-4,10-11,15-16H,5-6H2,(H,17,18). The lowest BCUT2D eigenvalue weighted by Crippen LogP contribution is -2.25. The SMILES string of the molecule is N#CC(O)C(O)c1ccccc1C1(C(=O)O)CC1. The molecular formula is C13H13NO4. The lowest BCUT2D eigenvalue weighted by Gasteiger charge is -2.20. The molecule has 0 bridgehead atoms. The van der Waals surface area contributed by atoms with E-state index in [4.69, 9.17) is 5.26 Å². The van der Waals surface area contributed by atoms with E-state index in [0.29, 0.717) is 24.0 Å². The van der Waals surface area contributed by atoms with Gasteiger partial charge in [-0.25, -0.2) is 0 Å². The van der Waals surface area contributed by atoms with Crippen molar-refractivity contribution in [2.75, 3.05) is 0 Å². The van der Waals surface area contributed by atoms with Crippen LogP contribution >= 0.6 is 0 Å². The number of carboxylic acid groups (broad SMARTS) is 1. The first-order valence-electron chi connectivity index (χ1n) is 5.61. The molecule has 0 saturated heterocycles. The number of carbonyl (C=O) groups is 1. The summed E-state index contributed by atoms with van der Waals surface area (Å²) in [6.45, 7) is 0. The van der Waals surface area contributed by atoms with E-state index in [-0.39, 0.29) is 0 Å². The molecule has 18 heavy (non-hydrogen) atoms. The van der Waals surface area contributed by atoms with Crippen LogP contribution < -0.4 is 0 Å². The number of nitrogens with zero attached hydrogens (tertiary/aromatic N) is 1. The van der Waals surface area contributed by atoms with Crippen LogP contribution in [0.1, 0.15) is 30.1 Å². The summed E-state index contributed by atoms with van der Waals surface area (Å²) < 4.78 is 0. The topological polar surface area (TPSA) is 102 Å². The Kier molecular flexibility index (Phi) is 3.07. The van der Waals surface area contributed by atoms with Gasteiger partial charge in [0.15, 0.2) is 6.10 Å². The van der Waals surface area contributed by atoms with Gasteiger partial charge in [0.1, 0.15) is 6.10 Å². The molecule has 1 aromatic rings. The van der Waals surface area contributed by atoms with Crippen molar-refractivity contribution in [3.63, 3.8) is 0 Å². The van der Waals surface area contributed by atoms with E-state index in [1.54, 1.807) is 30.3 Å². The van der Waals surface area contributed by atoms with Gasteiger partial charge in [-0.3, -0.25) is 4.79 Å². The Hall–Kier alpha value is -1.90. The number of carboxylic acids is 1. The summed E-state index contributed by atoms with van der Waals surface area (Å²) >= 11 is 0. The molecule has 1 aliphatic rings. The van der Waals surface area contributed by atoms with Crippen LogP contribution in [0.3, 0.4) is 0 Å². The third kappa shape index (κ3) is 1.86. The molecule has 5 nitrogen and oxygen atoms in total. The summed E-state index contributed by atoms with van der Waals surface area (Å²) in [7, 11) is 0. The minimum Gasteiger partial charge on any atom is -0.481 e. The molecule has 0 radical (unpaired) electrons. The predicted molar refractivity (Wildman–Crippen MR) is 61.6 cm³/mol. The minimum atomic E-state index is -1.56. The molecule has 0 amide bonds. The van der Waals surface area contributed by atoms with Crippen molar-refractivity contribution in [3.05, 3.63) is 35.4 Å². The molecule has 94 valence electrons. The molecule has 3 N–H and O–H groups in total. The van der Waals surface area contributed by atoms with Crippen LogP contribution in [-0.4, -0.2) is 27.4 Å². The fourth-order valence-electron chi connectivity index (χ4n) is 2.15. The third-order valence-electron chi connectivity index (χ3n) is 3.39. The van der Waals surface area contributed by atoms with E-state index in [2.05, 4.69) is 0 Å². The summed E-state index contributed by atoms with van der Waals surface area (Å²) in [5, 5.41) is 37.1. The monoisotopic (exact) mass is 247 g/mol. The number of benzene rings is 1. The van der Waals surface area contributed by atoms with Gasteiger partial charge in [0.25, 0.3) is 0 Å². The highest BCUT2D eigenvalue weighted by atomic mass is 16.4. The van der Waals surface area contributed by atoms with E-state index in [1.807, 2.05) is 0 Å². The second-order valence-electron chi connectivity index (χ2n) is 4.49. The Morgan fingerprint density at radius 3 is 2.44 bits per heavy atom. The Morgan fingerprint density at radius 1 is 1.33 bits per heavy atom. The van der Waals surface area contributed by atoms with E-state index >= 15 is 0 Å². The Bertz CT molecular complexity index is 516. The molecule has 1 aromatic carbocycles. The maximum Gasteiger partial charge on any atom is 0.314 e.